The largest absolute Gasteiger partial charge is 0.360 e. The Morgan fingerprint density at radius 1 is 1.13 bits per heavy atom. The van der Waals surface area contributed by atoms with E-state index in [9.17, 15) is 4.79 Å². The molecule has 158 valence electrons. The van der Waals surface area contributed by atoms with Crippen LogP contribution in [0.25, 0.3) is 11.3 Å². The fourth-order valence-corrected chi connectivity index (χ4v) is 5.02. The molecule has 2 heterocycles. The second-order valence-corrected chi connectivity index (χ2v) is 9.43. The summed E-state index contributed by atoms with van der Waals surface area (Å²) in [7, 11) is 0. The number of hydrogen-bond acceptors (Lipinski definition) is 7. The van der Waals surface area contributed by atoms with Crippen LogP contribution in [0.3, 0.4) is 0 Å². The molecule has 0 radical (unpaired) electrons. The van der Waals surface area contributed by atoms with Crippen molar-refractivity contribution < 1.29 is 9.32 Å². The average molecular weight is 471 g/mol. The summed E-state index contributed by atoms with van der Waals surface area (Å²) in [5.74, 6) is 0.983. The van der Waals surface area contributed by atoms with Gasteiger partial charge in [-0.1, -0.05) is 88.4 Å². The average Bonchev–Trinajstić information content (AvgIpc) is 3.38. The molecular weight excluding hydrogens is 452 g/mol. The van der Waals surface area contributed by atoms with Crippen molar-refractivity contribution >= 4 is 45.7 Å². The number of rotatable bonds is 8. The summed E-state index contributed by atoms with van der Waals surface area (Å²) < 4.78 is 6.08. The fraction of sp³-hybridized carbons (Fsp3) is 0.182. The molecule has 0 saturated heterocycles. The van der Waals surface area contributed by atoms with Crippen LogP contribution in [-0.2, 0) is 6.42 Å². The summed E-state index contributed by atoms with van der Waals surface area (Å²) in [5.41, 5.74) is 2.70. The van der Waals surface area contributed by atoms with Crippen LogP contribution in [0.2, 0.25) is 5.02 Å². The Bertz CT molecular complexity index is 1180. The Labute approximate surface area is 193 Å². The lowest BCUT2D eigenvalue weighted by atomic mass is 10.1. The number of carbonyl (C=O) groups is 1. The van der Waals surface area contributed by atoms with Crippen molar-refractivity contribution in [1.29, 1.82) is 0 Å². The Morgan fingerprint density at radius 3 is 2.71 bits per heavy atom. The standard InChI is InChI=1S/C22H19ClN4O2S2/c1-14-18(19(27-29-14)16-11-5-6-12-17(16)23)20(28)24-21-25-26-22(31-21)30-13-7-10-15-8-3-2-4-9-15/h2-6,8-9,11-12H,7,10,13H2,1H3,(H,24,25,28). The number of nitrogens with one attached hydrogen (secondary N) is 1. The molecule has 2 aromatic heterocycles. The van der Waals surface area contributed by atoms with Gasteiger partial charge in [0.25, 0.3) is 5.91 Å². The van der Waals surface area contributed by atoms with Crippen molar-refractivity contribution in [3.8, 4) is 11.3 Å². The van der Waals surface area contributed by atoms with Gasteiger partial charge in [0, 0.05) is 11.3 Å². The van der Waals surface area contributed by atoms with Crippen LogP contribution >= 0.6 is 34.7 Å². The number of hydrogen-bond donors (Lipinski definition) is 1. The topological polar surface area (TPSA) is 80.9 Å². The maximum atomic E-state index is 12.9. The Balaban J connectivity index is 1.37. The quantitative estimate of drug-likeness (QED) is 0.189. The SMILES string of the molecule is Cc1onc(-c2ccccc2Cl)c1C(=O)Nc1nnc(SCCCc2ccccc2)s1. The molecule has 6 nitrogen and oxygen atoms in total. The number of aromatic nitrogens is 3. The highest BCUT2D eigenvalue weighted by Crippen LogP contribution is 2.32. The first-order valence-electron chi connectivity index (χ1n) is 9.64. The number of halogens is 1. The summed E-state index contributed by atoms with van der Waals surface area (Å²) in [4.78, 5) is 12.9. The second kappa shape index (κ2) is 10.1. The number of thioether (sulfide) groups is 1. The van der Waals surface area contributed by atoms with Crippen molar-refractivity contribution in [2.45, 2.75) is 24.1 Å². The molecule has 1 amide bonds. The van der Waals surface area contributed by atoms with Gasteiger partial charge in [0.1, 0.15) is 17.0 Å². The van der Waals surface area contributed by atoms with Crippen LogP contribution in [0.15, 0.2) is 63.5 Å². The van der Waals surface area contributed by atoms with Crippen LogP contribution < -0.4 is 5.32 Å². The van der Waals surface area contributed by atoms with Gasteiger partial charge in [0.2, 0.25) is 5.13 Å². The van der Waals surface area contributed by atoms with Crippen LogP contribution in [0.5, 0.6) is 0 Å². The Morgan fingerprint density at radius 2 is 1.90 bits per heavy atom. The molecule has 0 spiro atoms. The van der Waals surface area contributed by atoms with E-state index in [1.165, 1.54) is 16.9 Å². The Kier molecular flexibility index (Phi) is 7.01. The third-order valence-electron chi connectivity index (χ3n) is 4.52. The van der Waals surface area contributed by atoms with Crippen LogP contribution in [0.1, 0.15) is 28.1 Å². The first kappa shape index (κ1) is 21.5. The molecular formula is C22H19ClN4O2S2. The summed E-state index contributed by atoms with van der Waals surface area (Å²) in [5, 5.41) is 16.0. The predicted molar refractivity (Wildman–Crippen MR) is 125 cm³/mol. The van der Waals surface area contributed by atoms with Crippen molar-refractivity contribution in [1.82, 2.24) is 15.4 Å². The number of nitrogens with zero attached hydrogens (tertiary/aromatic N) is 3. The number of amides is 1. The minimum absolute atomic E-state index is 0.334. The molecule has 0 saturated carbocycles. The van der Waals surface area contributed by atoms with Crippen molar-refractivity contribution in [2.75, 3.05) is 11.1 Å². The van der Waals surface area contributed by atoms with Gasteiger partial charge in [0.05, 0.1) is 5.02 Å². The van der Waals surface area contributed by atoms with Gasteiger partial charge in [-0.2, -0.15) is 0 Å². The second-order valence-electron chi connectivity index (χ2n) is 6.71. The molecule has 2 aromatic carbocycles. The van der Waals surface area contributed by atoms with Gasteiger partial charge in [-0.3, -0.25) is 10.1 Å². The number of anilines is 1. The van der Waals surface area contributed by atoms with E-state index < -0.39 is 0 Å². The van der Waals surface area contributed by atoms with E-state index in [-0.39, 0.29) is 5.91 Å². The highest BCUT2D eigenvalue weighted by Gasteiger charge is 2.24. The van der Waals surface area contributed by atoms with Gasteiger partial charge < -0.3 is 4.52 Å². The van der Waals surface area contributed by atoms with Gasteiger partial charge in [-0.05, 0) is 31.4 Å². The van der Waals surface area contributed by atoms with Crippen molar-refractivity contribution in [3.05, 3.63) is 76.5 Å². The number of benzene rings is 2. The maximum absolute atomic E-state index is 12.9. The lowest BCUT2D eigenvalue weighted by Gasteiger charge is -2.04. The maximum Gasteiger partial charge on any atom is 0.263 e. The number of carbonyl (C=O) groups excluding carboxylic acids is 1. The monoisotopic (exact) mass is 470 g/mol. The molecule has 31 heavy (non-hydrogen) atoms. The normalized spacial score (nSPS) is 10.9. The zero-order chi connectivity index (χ0) is 21.6. The molecule has 0 unspecified atom stereocenters. The first-order valence-corrected chi connectivity index (χ1v) is 11.8. The predicted octanol–water partition coefficient (Wildman–Crippen LogP) is 6.13. The highest BCUT2D eigenvalue weighted by atomic mass is 35.5. The summed E-state index contributed by atoms with van der Waals surface area (Å²) in [6.45, 7) is 1.69. The van der Waals surface area contributed by atoms with E-state index in [0.717, 1.165) is 22.9 Å². The molecule has 0 bridgehead atoms. The zero-order valence-electron chi connectivity index (χ0n) is 16.7. The smallest absolute Gasteiger partial charge is 0.263 e. The lowest BCUT2D eigenvalue weighted by Crippen LogP contribution is -2.13. The van der Waals surface area contributed by atoms with E-state index in [1.54, 1.807) is 30.8 Å². The fourth-order valence-electron chi connectivity index (χ4n) is 3.04. The van der Waals surface area contributed by atoms with E-state index in [4.69, 9.17) is 16.1 Å². The van der Waals surface area contributed by atoms with Gasteiger partial charge in [0.15, 0.2) is 4.34 Å². The summed E-state index contributed by atoms with van der Waals surface area (Å²) in [6, 6.07) is 17.6. The minimum atomic E-state index is -0.356. The molecule has 0 atom stereocenters. The molecule has 9 heteroatoms. The molecule has 0 fully saturated rings. The Hall–Kier alpha value is -2.68. The van der Waals surface area contributed by atoms with Gasteiger partial charge >= 0.3 is 0 Å². The zero-order valence-corrected chi connectivity index (χ0v) is 19.1. The minimum Gasteiger partial charge on any atom is -0.360 e. The van der Waals surface area contributed by atoms with Gasteiger partial charge in [-0.25, -0.2) is 0 Å². The van der Waals surface area contributed by atoms with Gasteiger partial charge in [-0.15, -0.1) is 10.2 Å². The first-order chi connectivity index (χ1) is 15.1. The lowest BCUT2D eigenvalue weighted by molar-refractivity contribution is 0.102. The van der Waals surface area contributed by atoms with Crippen LogP contribution in [0.4, 0.5) is 5.13 Å². The molecule has 0 aliphatic heterocycles. The van der Waals surface area contributed by atoms with Crippen molar-refractivity contribution in [2.24, 2.45) is 0 Å². The highest BCUT2D eigenvalue weighted by molar-refractivity contribution is 8.01. The summed E-state index contributed by atoms with van der Waals surface area (Å²) >= 11 is 9.25. The number of aryl methyl sites for hydroxylation is 2. The van der Waals surface area contributed by atoms with Crippen molar-refractivity contribution in [3.63, 3.8) is 0 Å². The van der Waals surface area contributed by atoms with E-state index in [1.807, 2.05) is 18.2 Å². The summed E-state index contributed by atoms with van der Waals surface area (Å²) in [6.07, 6.45) is 2.06. The molecule has 4 rings (SSSR count). The van der Waals surface area contributed by atoms with E-state index in [0.29, 0.717) is 32.7 Å². The third-order valence-corrected chi connectivity index (χ3v) is 6.91. The van der Waals surface area contributed by atoms with Crippen LogP contribution in [-0.4, -0.2) is 27.0 Å². The molecule has 0 aliphatic carbocycles. The van der Waals surface area contributed by atoms with E-state index >= 15 is 0 Å². The molecule has 0 aliphatic rings. The molecule has 1 N–H and O–H groups in total. The molecule has 4 aromatic rings. The third kappa shape index (κ3) is 5.33. The van der Waals surface area contributed by atoms with E-state index in [2.05, 4.69) is 44.9 Å². The van der Waals surface area contributed by atoms with Crippen LogP contribution in [0, 0.1) is 6.92 Å².